The van der Waals surface area contributed by atoms with Gasteiger partial charge in [-0.2, -0.15) is 5.26 Å². The normalized spacial score (nSPS) is 13.8. The topological polar surface area (TPSA) is 86.4 Å². The molecule has 2 heterocycles. The SMILES string of the molecule is CCN(CC)c1nc(/C(C#N)=C2\N=C(c3ccccc3)c3ccc(OC)cc3N2)nc2ccccc12. The van der Waals surface area contributed by atoms with Crippen molar-refractivity contribution in [3.8, 4) is 11.8 Å². The number of nitrogens with one attached hydrogen (secondary N) is 1. The maximum absolute atomic E-state index is 10.3. The number of benzene rings is 3. The van der Waals surface area contributed by atoms with E-state index in [-0.39, 0.29) is 5.57 Å². The van der Waals surface area contributed by atoms with Gasteiger partial charge in [-0.1, -0.05) is 42.5 Å². The molecule has 0 spiro atoms. The van der Waals surface area contributed by atoms with Gasteiger partial charge < -0.3 is 15.0 Å². The largest absolute Gasteiger partial charge is 0.497 e. The smallest absolute Gasteiger partial charge is 0.176 e. The Kier molecular flexibility index (Phi) is 6.33. The molecule has 0 aliphatic carbocycles. The minimum atomic E-state index is 0.274. The molecule has 0 amide bonds. The zero-order chi connectivity index (χ0) is 25.1. The summed E-state index contributed by atoms with van der Waals surface area (Å²) in [5, 5.41) is 14.6. The molecule has 178 valence electrons. The number of allylic oxidation sites excluding steroid dienone is 1. The average Bonchev–Trinajstić information content (AvgIpc) is 2.93. The zero-order valence-corrected chi connectivity index (χ0v) is 20.5. The summed E-state index contributed by atoms with van der Waals surface area (Å²) in [5.74, 6) is 2.25. The molecule has 1 aromatic heterocycles. The van der Waals surface area contributed by atoms with Crippen molar-refractivity contribution in [3.05, 3.63) is 95.6 Å². The van der Waals surface area contributed by atoms with Gasteiger partial charge in [0.2, 0.25) is 0 Å². The van der Waals surface area contributed by atoms with Crippen LogP contribution in [-0.2, 0) is 0 Å². The van der Waals surface area contributed by atoms with Gasteiger partial charge in [0.05, 0.1) is 24.0 Å². The second-order valence-electron chi connectivity index (χ2n) is 8.26. The summed E-state index contributed by atoms with van der Waals surface area (Å²) in [4.78, 5) is 16.7. The molecule has 4 aromatic rings. The fourth-order valence-electron chi connectivity index (χ4n) is 4.37. The highest BCUT2D eigenvalue weighted by Gasteiger charge is 2.24. The third-order valence-electron chi connectivity index (χ3n) is 6.22. The van der Waals surface area contributed by atoms with Crippen LogP contribution in [0.15, 0.2) is 83.6 Å². The zero-order valence-electron chi connectivity index (χ0n) is 20.5. The van der Waals surface area contributed by atoms with Crippen LogP contribution in [0.4, 0.5) is 11.5 Å². The molecule has 1 N–H and O–H groups in total. The van der Waals surface area contributed by atoms with Crippen LogP contribution < -0.4 is 15.0 Å². The van der Waals surface area contributed by atoms with Gasteiger partial charge in [0.1, 0.15) is 23.2 Å². The quantitative estimate of drug-likeness (QED) is 0.364. The molecule has 5 rings (SSSR count). The van der Waals surface area contributed by atoms with Gasteiger partial charge >= 0.3 is 0 Å². The minimum absolute atomic E-state index is 0.274. The van der Waals surface area contributed by atoms with Crippen LogP contribution in [0.2, 0.25) is 0 Å². The molecule has 0 atom stereocenters. The Morgan fingerprint density at radius 1 is 0.972 bits per heavy atom. The molecular formula is C29H26N6O. The van der Waals surface area contributed by atoms with Crippen LogP contribution in [0.3, 0.4) is 0 Å². The maximum atomic E-state index is 10.3. The third-order valence-corrected chi connectivity index (χ3v) is 6.22. The van der Waals surface area contributed by atoms with E-state index >= 15 is 0 Å². The standard InChI is InChI=1S/C29H26N6O/c1-4-35(5-2)29-22-13-9-10-14-24(22)31-28(34-29)23(18-30)27-32-25-17-20(36-3)15-16-21(25)26(33-27)19-11-7-6-8-12-19/h6-17,32H,4-5H2,1-3H3/b27-23-. The summed E-state index contributed by atoms with van der Waals surface area (Å²) in [6, 6.07) is 25.9. The summed E-state index contributed by atoms with van der Waals surface area (Å²) in [6.45, 7) is 5.76. The molecule has 0 unspecified atom stereocenters. The van der Waals surface area contributed by atoms with Gasteiger partial charge in [0, 0.05) is 35.7 Å². The summed E-state index contributed by atoms with van der Waals surface area (Å²) >= 11 is 0. The summed E-state index contributed by atoms with van der Waals surface area (Å²) in [7, 11) is 1.63. The fourth-order valence-corrected chi connectivity index (χ4v) is 4.37. The van der Waals surface area contributed by atoms with Gasteiger partial charge in [-0.15, -0.1) is 0 Å². The van der Waals surface area contributed by atoms with E-state index in [1.807, 2.05) is 72.8 Å². The maximum Gasteiger partial charge on any atom is 0.176 e. The number of nitriles is 1. The number of rotatable bonds is 6. The molecule has 0 fully saturated rings. The minimum Gasteiger partial charge on any atom is -0.497 e. The van der Waals surface area contributed by atoms with Gasteiger partial charge in [0.15, 0.2) is 11.6 Å². The Morgan fingerprint density at radius 2 is 1.72 bits per heavy atom. The summed E-state index contributed by atoms with van der Waals surface area (Å²) < 4.78 is 5.45. The van der Waals surface area contributed by atoms with Crippen molar-refractivity contribution in [1.82, 2.24) is 9.97 Å². The van der Waals surface area contributed by atoms with Crippen LogP contribution in [-0.4, -0.2) is 35.9 Å². The van der Waals surface area contributed by atoms with Crippen molar-refractivity contribution < 1.29 is 4.74 Å². The number of aromatic nitrogens is 2. The van der Waals surface area contributed by atoms with E-state index in [1.165, 1.54) is 0 Å². The lowest BCUT2D eigenvalue weighted by molar-refractivity contribution is 0.415. The first-order chi connectivity index (χ1) is 17.7. The lowest BCUT2D eigenvalue weighted by Crippen LogP contribution is -2.24. The number of nitrogens with zero attached hydrogens (tertiary/aromatic N) is 5. The number of para-hydroxylation sites is 1. The molecule has 7 heteroatoms. The van der Waals surface area contributed by atoms with Crippen molar-refractivity contribution in [3.63, 3.8) is 0 Å². The van der Waals surface area contributed by atoms with Gasteiger partial charge in [-0.25, -0.2) is 15.0 Å². The number of hydrogen-bond acceptors (Lipinski definition) is 7. The molecule has 1 aliphatic rings. The monoisotopic (exact) mass is 474 g/mol. The molecule has 1 aliphatic heterocycles. The van der Waals surface area contributed by atoms with E-state index in [1.54, 1.807) is 7.11 Å². The first kappa shape index (κ1) is 23.1. The number of anilines is 2. The van der Waals surface area contributed by atoms with Gasteiger partial charge in [-0.3, -0.25) is 0 Å². The van der Waals surface area contributed by atoms with Crippen LogP contribution >= 0.6 is 0 Å². The Labute approximate surface area is 210 Å². The van der Waals surface area contributed by atoms with E-state index in [9.17, 15) is 5.26 Å². The van der Waals surface area contributed by atoms with Crippen LogP contribution in [0, 0.1) is 11.3 Å². The van der Waals surface area contributed by atoms with E-state index in [4.69, 9.17) is 19.7 Å². The highest BCUT2D eigenvalue weighted by Crippen LogP contribution is 2.34. The van der Waals surface area contributed by atoms with Crippen molar-refractivity contribution in [1.29, 1.82) is 5.26 Å². The second-order valence-corrected chi connectivity index (χ2v) is 8.26. The molecule has 0 radical (unpaired) electrons. The Balaban J connectivity index is 1.75. The number of ether oxygens (including phenoxy) is 1. The van der Waals surface area contributed by atoms with E-state index in [2.05, 4.69) is 30.1 Å². The van der Waals surface area contributed by atoms with Gasteiger partial charge in [-0.05, 0) is 38.1 Å². The number of hydrogen-bond donors (Lipinski definition) is 1. The molecule has 7 nitrogen and oxygen atoms in total. The van der Waals surface area contributed by atoms with Crippen LogP contribution in [0.1, 0.15) is 30.8 Å². The molecule has 0 bridgehead atoms. The molecule has 36 heavy (non-hydrogen) atoms. The number of methoxy groups -OCH3 is 1. The first-order valence-corrected chi connectivity index (χ1v) is 11.9. The first-order valence-electron chi connectivity index (χ1n) is 11.9. The van der Waals surface area contributed by atoms with Crippen LogP contribution in [0.25, 0.3) is 16.5 Å². The Bertz CT molecular complexity index is 1530. The lowest BCUT2D eigenvalue weighted by atomic mass is 9.98. The van der Waals surface area contributed by atoms with E-state index in [0.29, 0.717) is 17.4 Å². The van der Waals surface area contributed by atoms with Crippen molar-refractivity contribution in [2.45, 2.75) is 13.8 Å². The highest BCUT2D eigenvalue weighted by molar-refractivity contribution is 6.18. The average molecular weight is 475 g/mol. The highest BCUT2D eigenvalue weighted by atomic mass is 16.5. The fraction of sp³-hybridized carbons (Fsp3) is 0.172. The second kappa shape index (κ2) is 9.88. The van der Waals surface area contributed by atoms with E-state index in [0.717, 1.165) is 52.3 Å². The predicted octanol–water partition coefficient (Wildman–Crippen LogP) is 5.64. The molecule has 0 saturated heterocycles. The van der Waals surface area contributed by atoms with E-state index < -0.39 is 0 Å². The predicted molar refractivity (Wildman–Crippen MR) is 144 cm³/mol. The van der Waals surface area contributed by atoms with Crippen molar-refractivity contribution >= 4 is 33.7 Å². The van der Waals surface area contributed by atoms with Crippen LogP contribution in [0.5, 0.6) is 5.75 Å². The number of fused-ring (bicyclic) bond motifs is 2. The van der Waals surface area contributed by atoms with Crippen molar-refractivity contribution in [2.75, 3.05) is 30.4 Å². The molecule has 0 saturated carbocycles. The molecular weight excluding hydrogens is 448 g/mol. The van der Waals surface area contributed by atoms with Crippen molar-refractivity contribution in [2.24, 2.45) is 4.99 Å². The molecule has 3 aromatic carbocycles. The summed E-state index contributed by atoms with van der Waals surface area (Å²) in [5.41, 5.74) is 4.49. The Hall–Kier alpha value is -4.70. The third kappa shape index (κ3) is 4.14. The lowest BCUT2D eigenvalue weighted by Gasteiger charge is -2.23. The Morgan fingerprint density at radius 3 is 2.44 bits per heavy atom. The summed E-state index contributed by atoms with van der Waals surface area (Å²) in [6.07, 6.45) is 0. The van der Waals surface area contributed by atoms with Gasteiger partial charge in [0.25, 0.3) is 0 Å². The number of aliphatic imine (C=N–C) groups is 1.